The van der Waals surface area contributed by atoms with Crippen molar-refractivity contribution >= 4 is 23.5 Å². The fraction of sp³-hybridized carbons (Fsp3) is 0.571. The average Bonchev–Trinajstić information content (AvgIpc) is 2.87. The third kappa shape index (κ3) is 3.84. The number of rotatable bonds is 5. The van der Waals surface area contributed by atoms with Crippen LogP contribution in [-0.4, -0.2) is 34.8 Å². The van der Waals surface area contributed by atoms with Crippen LogP contribution in [0.4, 0.5) is 10.5 Å². The predicted molar refractivity (Wildman–Crippen MR) is 104 cm³/mol. The second-order valence-corrected chi connectivity index (χ2v) is 8.05. The monoisotopic (exact) mass is 371 g/mol. The second-order valence-electron chi connectivity index (χ2n) is 8.05. The number of carbonyl (C=O) groups excluding carboxylic acids is 3. The van der Waals surface area contributed by atoms with Gasteiger partial charge in [-0.1, -0.05) is 45.4 Å². The second kappa shape index (κ2) is 7.71. The first-order valence-corrected chi connectivity index (χ1v) is 9.89. The maximum absolute atomic E-state index is 12.9. The van der Waals surface area contributed by atoms with Gasteiger partial charge >= 0.3 is 6.03 Å². The van der Waals surface area contributed by atoms with Crippen molar-refractivity contribution in [1.82, 2.24) is 10.2 Å². The molecule has 0 bridgehead atoms. The van der Waals surface area contributed by atoms with Gasteiger partial charge in [0.1, 0.15) is 12.1 Å². The zero-order valence-corrected chi connectivity index (χ0v) is 16.4. The fourth-order valence-electron chi connectivity index (χ4n) is 4.18. The number of carbonyl (C=O) groups is 3. The fourth-order valence-corrected chi connectivity index (χ4v) is 4.18. The van der Waals surface area contributed by atoms with Gasteiger partial charge in [0.25, 0.3) is 5.91 Å². The normalized spacial score (nSPS) is 25.2. The highest BCUT2D eigenvalue weighted by Crippen LogP contribution is 2.37. The van der Waals surface area contributed by atoms with Crippen LogP contribution in [0, 0.1) is 5.92 Å². The minimum absolute atomic E-state index is 0.254. The molecular formula is C21H29N3O3. The summed E-state index contributed by atoms with van der Waals surface area (Å²) in [5.41, 5.74) is 0.943. The van der Waals surface area contributed by atoms with E-state index in [-0.39, 0.29) is 24.3 Å². The number of urea groups is 1. The van der Waals surface area contributed by atoms with Gasteiger partial charge in [-0.05, 0) is 49.1 Å². The molecule has 27 heavy (non-hydrogen) atoms. The molecule has 1 saturated carbocycles. The van der Waals surface area contributed by atoms with Crippen LogP contribution in [-0.2, 0) is 9.59 Å². The molecule has 1 aromatic rings. The molecule has 1 saturated heterocycles. The van der Waals surface area contributed by atoms with E-state index in [1.165, 1.54) is 0 Å². The Bertz CT molecular complexity index is 736. The third-order valence-electron chi connectivity index (χ3n) is 5.94. The first kappa shape index (κ1) is 19.4. The highest BCUT2D eigenvalue weighted by molar-refractivity contribution is 6.10. The summed E-state index contributed by atoms with van der Waals surface area (Å²) in [4.78, 5) is 38.9. The van der Waals surface area contributed by atoms with Gasteiger partial charge < -0.3 is 10.6 Å². The van der Waals surface area contributed by atoms with E-state index >= 15 is 0 Å². The smallest absolute Gasteiger partial charge is 0.324 e. The first-order chi connectivity index (χ1) is 12.9. The minimum Gasteiger partial charge on any atom is -0.324 e. The van der Waals surface area contributed by atoms with Gasteiger partial charge in [-0.3, -0.25) is 14.5 Å². The lowest BCUT2D eigenvalue weighted by Gasteiger charge is -2.34. The minimum atomic E-state index is -0.807. The Kier molecular flexibility index (Phi) is 5.53. The van der Waals surface area contributed by atoms with Gasteiger partial charge in [0.05, 0.1) is 0 Å². The molecule has 6 nitrogen and oxygen atoms in total. The van der Waals surface area contributed by atoms with Crippen LogP contribution < -0.4 is 10.6 Å². The molecule has 1 aromatic carbocycles. The molecule has 0 atom stereocenters. The molecule has 0 radical (unpaired) electrons. The van der Waals surface area contributed by atoms with Gasteiger partial charge in [0.2, 0.25) is 5.91 Å². The summed E-state index contributed by atoms with van der Waals surface area (Å²) < 4.78 is 0. The zero-order chi connectivity index (χ0) is 19.6. The lowest BCUT2D eigenvalue weighted by atomic mass is 9.75. The van der Waals surface area contributed by atoms with Crippen molar-refractivity contribution in [3.63, 3.8) is 0 Å². The third-order valence-corrected chi connectivity index (χ3v) is 5.94. The molecule has 3 rings (SSSR count). The van der Waals surface area contributed by atoms with E-state index in [0.29, 0.717) is 18.8 Å². The Morgan fingerprint density at radius 3 is 2.56 bits per heavy atom. The molecule has 2 N–H and O–H groups in total. The van der Waals surface area contributed by atoms with E-state index < -0.39 is 11.6 Å². The SMILES string of the molecule is CCC1CCC2(CC1)NC(=O)N(CC(=O)Nc1ccccc1C(C)C)C2=O. The Labute approximate surface area is 160 Å². The van der Waals surface area contributed by atoms with E-state index in [2.05, 4.69) is 31.4 Å². The molecule has 1 heterocycles. The van der Waals surface area contributed by atoms with Gasteiger partial charge in [-0.15, -0.1) is 0 Å². The van der Waals surface area contributed by atoms with Gasteiger partial charge in [0.15, 0.2) is 0 Å². The molecule has 1 spiro atoms. The first-order valence-electron chi connectivity index (χ1n) is 9.89. The van der Waals surface area contributed by atoms with Gasteiger partial charge in [-0.25, -0.2) is 4.79 Å². The molecule has 2 aliphatic rings. The maximum atomic E-state index is 12.9. The van der Waals surface area contributed by atoms with Crippen molar-refractivity contribution in [2.24, 2.45) is 5.92 Å². The molecular weight excluding hydrogens is 342 g/mol. The summed E-state index contributed by atoms with van der Waals surface area (Å²) in [6.07, 6.45) is 4.28. The molecule has 6 heteroatoms. The number of imide groups is 1. The highest BCUT2D eigenvalue weighted by atomic mass is 16.2. The summed E-state index contributed by atoms with van der Waals surface area (Å²) in [6, 6.07) is 7.14. The zero-order valence-electron chi connectivity index (χ0n) is 16.4. The number of hydrogen-bond acceptors (Lipinski definition) is 3. The van der Waals surface area contributed by atoms with Crippen molar-refractivity contribution in [1.29, 1.82) is 0 Å². The largest absolute Gasteiger partial charge is 0.325 e. The van der Waals surface area contributed by atoms with E-state index in [0.717, 1.165) is 35.4 Å². The Balaban J connectivity index is 1.67. The number of para-hydroxylation sites is 1. The Morgan fingerprint density at radius 2 is 1.93 bits per heavy atom. The lowest BCUT2D eigenvalue weighted by molar-refractivity contribution is -0.135. The number of hydrogen-bond donors (Lipinski definition) is 2. The lowest BCUT2D eigenvalue weighted by Crippen LogP contribution is -2.49. The Morgan fingerprint density at radius 1 is 1.26 bits per heavy atom. The molecule has 0 aromatic heterocycles. The van der Waals surface area contributed by atoms with Crippen molar-refractivity contribution in [3.05, 3.63) is 29.8 Å². The molecule has 1 aliphatic heterocycles. The number of amides is 4. The summed E-state index contributed by atoms with van der Waals surface area (Å²) in [5, 5.41) is 5.72. The number of nitrogens with zero attached hydrogens (tertiary/aromatic N) is 1. The van der Waals surface area contributed by atoms with Crippen molar-refractivity contribution in [2.75, 3.05) is 11.9 Å². The van der Waals surface area contributed by atoms with Crippen LogP contribution in [0.3, 0.4) is 0 Å². The van der Waals surface area contributed by atoms with Crippen LogP contribution in [0.5, 0.6) is 0 Å². The van der Waals surface area contributed by atoms with Crippen LogP contribution in [0.25, 0.3) is 0 Å². The van der Waals surface area contributed by atoms with Crippen molar-refractivity contribution in [2.45, 2.75) is 64.3 Å². The van der Waals surface area contributed by atoms with E-state index in [1.807, 2.05) is 24.3 Å². The quantitative estimate of drug-likeness (QED) is 0.776. The molecule has 4 amide bonds. The average molecular weight is 371 g/mol. The van der Waals surface area contributed by atoms with Crippen LogP contribution in [0.2, 0.25) is 0 Å². The van der Waals surface area contributed by atoms with E-state index in [1.54, 1.807) is 0 Å². The number of nitrogens with one attached hydrogen (secondary N) is 2. The highest BCUT2D eigenvalue weighted by Gasteiger charge is 2.52. The Hall–Kier alpha value is -2.37. The van der Waals surface area contributed by atoms with Crippen molar-refractivity contribution in [3.8, 4) is 0 Å². The molecule has 0 unspecified atom stereocenters. The van der Waals surface area contributed by atoms with E-state index in [9.17, 15) is 14.4 Å². The molecule has 2 fully saturated rings. The number of benzene rings is 1. The topological polar surface area (TPSA) is 78.5 Å². The number of anilines is 1. The summed E-state index contributed by atoms with van der Waals surface area (Å²) in [5.74, 6) is 0.265. The van der Waals surface area contributed by atoms with Gasteiger partial charge in [0, 0.05) is 5.69 Å². The van der Waals surface area contributed by atoms with Gasteiger partial charge in [-0.2, -0.15) is 0 Å². The predicted octanol–water partition coefficient (Wildman–Crippen LogP) is 3.64. The standard InChI is InChI=1S/C21H29N3O3/c1-4-15-9-11-21(12-10-15)19(26)24(20(27)23-21)13-18(25)22-17-8-6-5-7-16(17)14(2)3/h5-8,14-15H,4,9-13H2,1-3H3,(H,22,25)(H,23,27). The van der Waals surface area contributed by atoms with Crippen LogP contribution in [0.1, 0.15) is 64.4 Å². The summed E-state index contributed by atoms with van der Waals surface area (Å²) in [7, 11) is 0. The maximum Gasteiger partial charge on any atom is 0.325 e. The van der Waals surface area contributed by atoms with Crippen LogP contribution in [0.15, 0.2) is 24.3 Å². The summed E-state index contributed by atoms with van der Waals surface area (Å²) >= 11 is 0. The van der Waals surface area contributed by atoms with Crippen LogP contribution >= 0.6 is 0 Å². The summed E-state index contributed by atoms with van der Waals surface area (Å²) in [6.45, 7) is 6.01. The molecule has 146 valence electrons. The molecule has 1 aliphatic carbocycles. The van der Waals surface area contributed by atoms with E-state index in [4.69, 9.17) is 0 Å². The van der Waals surface area contributed by atoms with Crippen molar-refractivity contribution < 1.29 is 14.4 Å².